The molecule has 0 aliphatic carbocycles. The van der Waals surface area contributed by atoms with Gasteiger partial charge in [-0.05, 0) is 49.3 Å². The second kappa shape index (κ2) is 7.28. The minimum Gasteiger partial charge on any atom is -0.366 e. The van der Waals surface area contributed by atoms with Crippen LogP contribution in [0.3, 0.4) is 0 Å². The third kappa shape index (κ3) is 3.59. The monoisotopic (exact) mass is 365 g/mol. The summed E-state index contributed by atoms with van der Waals surface area (Å²) in [5.74, 6) is -0.211. The maximum atomic E-state index is 13.8. The van der Waals surface area contributed by atoms with E-state index in [2.05, 4.69) is 20.2 Å². The van der Waals surface area contributed by atoms with Crippen molar-refractivity contribution in [2.75, 3.05) is 25.0 Å². The number of benzene rings is 2. The first kappa shape index (κ1) is 17.4. The highest BCUT2D eigenvalue weighted by Crippen LogP contribution is 2.27. The van der Waals surface area contributed by atoms with Crippen LogP contribution in [0.15, 0.2) is 48.8 Å². The normalized spacial score (nSPS) is 15.3. The van der Waals surface area contributed by atoms with Gasteiger partial charge in [-0.15, -0.1) is 0 Å². The van der Waals surface area contributed by atoms with E-state index in [9.17, 15) is 9.18 Å². The lowest BCUT2D eigenvalue weighted by atomic mass is 10.0. The molecule has 1 aliphatic rings. The van der Waals surface area contributed by atoms with E-state index in [1.165, 1.54) is 24.9 Å². The molecule has 3 aromatic rings. The summed E-state index contributed by atoms with van der Waals surface area (Å²) >= 11 is 0. The molecule has 1 atom stereocenters. The minimum absolute atomic E-state index is 0.142. The summed E-state index contributed by atoms with van der Waals surface area (Å²) in [4.78, 5) is 22.6. The van der Waals surface area contributed by atoms with Crippen molar-refractivity contribution in [3.05, 3.63) is 65.7 Å². The summed E-state index contributed by atoms with van der Waals surface area (Å²) in [5, 5.41) is 4.13. The number of fused-ring (bicyclic) bond motifs is 1. The Hall–Kier alpha value is -3.06. The van der Waals surface area contributed by atoms with Crippen molar-refractivity contribution in [2.24, 2.45) is 5.73 Å². The fraction of sp³-hybridized carbons (Fsp3) is 0.250. The van der Waals surface area contributed by atoms with Crippen LogP contribution in [0.4, 0.5) is 10.2 Å². The zero-order valence-electron chi connectivity index (χ0n) is 14.7. The second-order valence-corrected chi connectivity index (χ2v) is 6.69. The average Bonchev–Trinajstić information content (AvgIpc) is 2.63. The maximum absolute atomic E-state index is 13.8. The molecule has 0 radical (unpaired) electrons. The second-order valence-electron chi connectivity index (χ2n) is 6.69. The molecule has 1 aliphatic heterocycles. The topological polar surface area (TPSA) is 84.1 Å². The van der Waals surface area contributed by atoms with Crippen LogP contribution in [0.25, 0.3) is 10.9 Å². The van der Waals surface area contributed by atoms with Gasteiger partial charge in [-0.25, -0.2) is 14.4 Å². The third-order valence-electron chi connectivity index (χ3n) is 4.88. The number of para-hydroxylation sites is 1. The number of likely N-dealkylation sites (tertiary alicyclic amines) is 1. The molecule has 2 aromatic carbocycles. The number of nitrogens with one attached hydrogen (secondary N) is 1. The van der Waals surface area contributed by atoms with E-state index in [0.717, 1.165) is 25.2 Å². The van der Waals surface area contributed by atoms with Gasteiger partial charge in [0, 0.05) is 11.9 Å². The molecule has 4 rings (SSSR count). The highest BCUT2D eigenvalue weighted by Gasteiger charge is 2.22. The summed E-state index contributed by atoms with van der Waals surface area (Å²) in [6.07, 6.45) is 2.58. The van der Waals surface area contributed by atoms with Crippen LogP contribution in [0.1, 0.15) is 28.4 Å². The summed E-state index contributed by atoms with van der Waals surface area (Å²) in [6.45, 7) is 2.80. The predicted octanol–water partition coefficient (Wildman–Crippen LogP) is 2.73. The average molecular weight is 365 g/mol. The fourth-order valence-electron chi connectivity index (χ4n) is 3.35. The largest absolute Gasteiger partial charge is 0.366 e. The Bertz CT molecular complexity index is 989. The Kier molecular flexibility index (Phi) is 4.68. The summed E-state index contributed by atoms with van der Waals surface area (Å²) in [5.41, 5.74) is 7.16. The number of nitrogens with two attached hydrogens (primary N) is 1. The minimum atomic E-state index is -0.535. The number of amides is 1. The zero-order chi connectivity index (χ0) is 18.8. The van der Waals surface area contributed by atoms with Gasteiger partial charge in [0.2, 0.25) is 0 Å². The van der Waals surface area contributed by atoms with Crippen LogP contribution < -0.4 is 11.1 Å². The highest BCUT2D eigenvalue weighted by atomic mass is 19.1. The van der Waals surface area contributed by atoms with E-state index in [1.807, 2.05) is 12.1 Å². The van der Waals surface area contributed by atoms with Crippen molar-refractivity contribution in [1.29, 1.82) is 0 Å². The molecular weight excluding hydrogens is 345 g/mol. The first-order valence-corrected chi connectivity index (χ1v) is 8.90. The molecule has 3 N–H and O–H groups in total. The molecule has 1 aromatic heterocycles. The van der Waals surface area contributed by atoms with Crippen molar-refractivity contribution in [3.63, 3.8) is 0 Å². The predicted molar refractivity (Wildman–Crippen MR) is 102 cm³/mol. The molecule has 1 saturated heterocycles. The summed E-state index contributed by atoms with van der Waals surface area (Å²) in [7, 11) is 0. The molecule has 0 saturated carbocycles. The lowest BCUT2D eigenvalue weighted by molar-refractivity contribution is 0.100. The van der Waals surface area contributed by atoms with Gasteiger partial charge in [0.05, 0.1) is 17.1 Å². The van der Waals surface area contributed by atoms with E-state index in [-0.39, 0.29) is 11.9 Å². The molecule has 138 valence electrons. The molecule has 1 fully saturated rings. The molecule has 0 bridgehead atoms. The number of halogens is 1. The molecule has 7 heteroatoms. The van der Waals surface area contributed by atoms with Crippen molar-refractivity contribution in [3.8, 4) is 0 Å². The van der Waals surface area contributed by atoms with Crippen LogP contribution in [-0.4, -0.2) is 40.4 Å². The van der Waals surface area contributed by atoms with Gasteiger partial charge in [-0.3, -0.25) is 4.79 Å². The number of nitrogens with zero attached hydrogens (tertiary/aromatic N) is 3. The first-order valence-electron chi connectivity index (χ1n) is 8.90. The standard InChI is InChI=1S/C20H20FN5O/c21-14-5-1-4-13(10-14)17(11-26-8-3-9-26)25-20-16-7-2-6-15(19(22)27)18(16)23-12-24-20/h1-2,4-7,10,12,17H,3,8-9,11H2,(H2,22,27)(H,23,24,25). The third-order valence-corrected chi connectivity index (χ3v) is 4.88. The van der Waals surface area contributed by atoms with Gasteiger partial charge in [-0.1, -0.05) is 18.2 Å². The molecular formula is C20H20FN5O. The van der Waals surface area contributed by atoms with Gasteiger partial charge < -0.3 is 16.0 Å². The van der Waals surface area contributed by atoms with Gasteiger partial charge >= 0.3 is 0 Å². The number of carbonyl (C=O) groups is 1. The number of hydrogen-bond donors (Lipinski definition) is 2. The Morgan fingerprint density at radius 1 is 1.22 bits per heavy atom. The van der Waals surface area contributed by atoms with Crippen molar-refractivity contribution in [2.45, 2.75) is 12.5 Å². The number of hydrogen-bond acceptors (Lipinski definition) is 5. The summed E-state index contributed by atoms with van der Waals surface area (Å²) < 4.78 is 13.8. The number of rotatable bonds is 6. The van der Waals surface area contributed by atoms with Crippen LogP contribution in [-0.2, 0) is 0 Å². The Balaban J connectivity index is 1.72. The Labute approximate surface area is 156 Å². The van der Waals surface area contributed by atoms with Crippen LogP contribution in [0.2, 0.25) is 0 Å². The highest BCUT2D eigenvalue weighted by molar-refractivity contribution is 6.06. The van der Waals surface area contributed by atoms with E-state index < -0.39 is 5.91 Å². The van der Waals surface area contributed by atoms with Gasteiger partial charge in [0.1, 0.15) is 18.0 Å². The smallest absolute Gasteiger partial charge is 0.250 e. The zero-order valence-corrected chi connectivity index (χ0v) is 14.7. The van der Waals surface area contributed by atoms with Crippen molar-refractivity contribution >= 4 is 22.6 Å². The lowest BCUT2D eigenvalue weighted by Crippen LogP contribution is -2.41. The molecule has 0 spiro atoms. The van der Waals surface area contributed by atoms with Gasteiger partial charge in [-0.2, -0.15) is 0 Å². The molecule has 2 heterocycles. The molecule has 27 heavy (non-hydrogen) atoms. The van der Waals surface area contributed by atoms with Crippen LogP contribution in [0.5, 0.6) is 0 Å². The number of aromatic nitrogens is 2. The SMILES string of the molecule is NC(=O)c1cccc2c(NC(CN3CCC3)c3cccc(F)c3)ncnc12. The Morgan fingerprint density at radius 3 is 2.74 bits per heavy atom. The first-order chi connectivity index (χ1) is 13.1. The number of carbonyl (C=O) groups excluding carboxylic acids is 1. The number of primary amides is 1. The quantitative estimate of drug-likeness (QED) is 0.702. The van der Waals surface area contributed by atoms with E-state index in [1.54, 1.807) is 18.2 Å². The van der Waals surface area contributed by atoms with Crippen LogP contribution >= 0.6 is 0 Å². The van der Waals surface area contributed by atoms with Crippen molar-refractivity contribution < 1.29 is 9.18 Å². The fourth-order valence-corrected chi connectivity index (χ4v) is 3.35. The van der Waals surface area contributed by atoms with E-state index in [4.69, 9.17) is 5.73 Å². The van der Waals surface area contributed by atoms with E-state index >= 15 is 0 Å². The summed E-state index contributed by atoms with van der Waals surface area (Å²) in [6, 6.07) is 11.7. The molecule has 1 unspecified atom stereocenters. The number of anilines is 1. The molecule has 1 amide bonds. The van der Waals surface area contributed by atoms with E-state index in [0.29, 0.717) is 22.3 Å². The van der Waals surface area contributed by atoms with Crippen molar-refractivity contribution in [1.82, 2.24) is 14.9 Å². The molecule has 6 nitrogen and oxygen atoms in total. The maximum Gasteiger partial charge on any atom is 0.250 e. The lowest BCUT2D eigenvalue weighted by Gasteiger charge is -2.34. The van der Waals surface area contributed by atoms with Crippen LogP contribution in [0, 0.1) is 5.82 Å². The Morgan fingerprint density at radius 2 is 2.04 bits per heavy atom. The van der Waals surface area contributed by atoms with Gasteiger partial charge in [0.25, 0.3) is 5.91 Å². The van der Waals surface area contributed by atoms with Gasteiger partial charge in [0.15, 0.2) is 0 Å².